The van der Waals surface area contributed by atoms with E-state index in [1.807, 2.05) is 13.8 Å². The first kappa shape index (κ1) is 17.9. The summed E-state index contributed by atoms with van der Waals surface area (Å²) in [5.74, 6) is 1.06. The molecule has 0 saturated heterocycles. The van der Waals surface area contributed by atoms with E-state index in [1.165, 1.54) is 12.1 Å². The highest BCUT2D eigenvalue weighted by molar-refractivity contribution is 7.89. The van der Waals surface area contributed by atoms with Crippen LogP contribution in [0, 0.1) is 5.92 Å². The first-order chi connectivity index (χ1) is 9.95. The number of aliphatic hydroxyl groups excluding tert-OH is 1. The fourth-order valence-electron chi connectivity index (χ4n) is 1.48. The molecule has 0 saturated carbocycles. The summed E-state index contributed by atoms with van der Waals surface area (Å²) in [6.07, 6.45) is 0. The topological polar surface area (TPSA) is 84.9 Å². The van der Waals surface area contributed by atoms with Crippen LogP contribution in [0.5, 0.6) is 5.75 Å². The van der Waals surface area contributed by atoms with Gasteiger partial charge in [-0.3, -0.25) is 0 Å². The van der Waals surface area contributed by atoms with Gasteiger partial charge in [-0.25, -0.2) is 13.1 Å². The van der Waals surface area contributed by atoms with Gasteiger partial charge in [-0.1, -0.05) is 13.8 Å². The van der Waals surface area contributed by atoms with E-state index in [2.05, 4.69) is 4.72 Å². The van der Waals surface area contributed by atoms with Crippen LogP contribution in [0.1, 0.15) is 13.8 Å². The third kappa shape index (κ3) is 6.90. The van der Waals surface area contributed by atoms with Crippen molar-refractivity contribution < 1.29 is 23.0 Å². The van der Waals surface area contributed by atoms with Gasteiger partial charge in [0.15, 0.2) is 0 Å². The number of nitrogens with one attached hydrogen (secondary N) is 1. The molecule has 0 spiro atoms. The number of hydrogen-bond donors (Lipinski definition) is 2. The van der Waals surface area contributed by atoms with Crippen LogP contribution in [-0.4, -0.2) is 46.5 Å². The number of hydrogen-bond acceptors (Lipinski definition) is 5. The number of aliphatic hydroxyl groups is 1. The van der Waals surface area contributed by atoms with Gasteiger partial charge in [-0.15, -0.1) is 0 Å². The third-order valence-corrected chi connectivity index (χ3v) is 3.97. The smallest absolute Gasteiger partial charge is 0.240 e. The lowest BCUT2D eigenvalue weighted by Gasteiger charge is -2.10. The molecule has 21 heavy (non-hydrogen) atoms. The van der Waals surface area contributed by atoms with Crippen LogP contribution in [0.3, 0.4) is 0 Å². The molecule has 2 N–H and O–H groups in total. The zero-order valence-corrected chi connectivity index (χ0v) is 13.2. The summed E-state index contributed by atoms with van der Waals surface area (Å²) in [6, 6.07) is 6.29. The van der Waals surface area contributed by atoms with E-state index in [9.17, 15) is 8.42 Å². The van der Waals surface area contributed by atoms with Gasteiger partial charge >= 0.3 is 0 Å². The van der Waals surface area contributed by atoms with E-state index in [0.717, 1.165) is 0 Å². The molecule has 0 fully saturated rings. The first-order valence-corrected chi connectivity index (χ1v) is 8.35. The maximum absolute atomic E-state index is 12.0. The lowest BCUT2D eigenvalue weighted by molar-refractivity contribution is 0.0961. The SMILES string of the molecule is CC(C)COc1ccc(S(=O)(=O)NCCOCCO)cc1. The third-order valence-electron chi connectivity index (χ3n) is 2.49. The first-order valence-electron chi connectivity index (χ1n) is 6.87. The van der Waals surface area contributed by atoms with E-state index in [-0.39, 0.29) is 31.3 Å². The Balaban J connectivity index is 2.51. The molecule has 6 nitrogen and oxygen atoms in total. The Labute approximate surface area is 126 Å². The number of rotatable bonds is 10. The molecule has 7 heteroatoms. The lowest BCUT2D eigenvalue weighted by Crippen LogP contribution is -2.27. The Kier molecular flexibility index (Phi) is 7.66. The molecule has 0 aliphatic carbocycles. The average Bonchev–Trinajstić information content (AvgIpc) is 2.45. The van der Waals surface area contributed by atoms with E-state index in [1.54, 1.807) is 12.1 Å². The molecular weight excluding hydrogens is 294 g/mol. The van der Waals surface area contributed by atoms with Crippen molar-refractivity contribution in [1.82, 2.24) is 4.72 Å². The highest BCUT2D eigenvalue weighted by atomic mass is 32.2. The van der Waals surface area contributed by atoms with Gasteiger partial charge < -0.3 is 14.6 Å². The fourth-order valence-corrected chi connectivity index (χ4v) is 2.49. The summed E-state index contributed by atoms with van der Waals surface area (Å²) >= 11 is 0. The summed E-state index contributed by atoms with van der Waals surface area (Å²) in [4.78, 5) is 0.182. The predicted molar refractivity (Wildman–Crippen MR) is 79.9 cm³/mol. The summed E-state index contributed by atoms with van der Waals surface area (Å²) in [7, 11) is -3.54. The van der Waals surface area contributed by atoms with Crippen LogP contribution in [0.4, 0.5) is 0 Å². The molecule has 0 atom stereocenters. The van der Waals surface area contributed by atoms with Crippen LogP contribution >= 0.6 is 0 Å². The zero-order valence-electron chi connectivity index (χ0n) is 12.4. The molecular formula is C14H23NO5S. The summed E-state index contributed by atoms with van der Waals surface area (Å²) in [5, 5.41) is 8.53. The summed E-state index contributed by atoms with van der Waals surface area (Å²) in [5.41, 5.74) is 0. The Morgan fingerprint density at radius 2 is 1.86 bits per heavy atom. The molecule has 1 aromatic rings. The van der Waals surface area contributed by atoms with Gasteiger partial charge in [0, 0.05) is 6.54 Å². The Morgan fingerprint density at radius 3 is 2.43 bits per heavy atom. The molecule has 0 aromatic heterocycles. The predicted octanol–water partition coefficient (Wildman–Crippen LogP) is 1.01. The minimum Gasteiger partial charge on any atom is -0.493 e. The Bertz CT molecular complexity index is 499. The van der Waals surface area contributed by atoms with Gasteiger partial charge in [0.1, 0.15) is 5.75 Å². The molecule has 1 rings (SSSR count). The van der Waals surface area contributed by atoms with Gasteiger partial charge in [0.05, 0.1) is 31.3 Å². The van der Waals surface area contributed by atoms with Crippen molar-refractivity contribution in [3.8, 4) is 5.75 Å². The van der Waals surface area contributed by atoms with Crippen molar-refractivity contribution in [2.75, 3.05) is 33.0 Å². The molecule has 0 bridgehead atoms. The molecule has 0 heterocycles. The van der Waals surface area contributed by atoms with Gasteiger partial charge in [0.25, 0.3) is 0 Å². The number of sulfonamides is 1. The highest BCUT2D eigenvalue weighted by Crippen LogP contribution is 2.16. The molecule has 1 aromatic carbocycles. The normalized spacial score (nSPS) is 11.8. The average molecular weight is 317 g/mol. The van der Waals surface area contributed by atoms with Gasteiger partial charge in [0.2, 0.25) is 10.0 Å². The minimum absolute atomic E-state index is 0.0788. The Hall–Kier alpha value is -1.15. The van der Waals surface area contributed by atoms with Crippen LogP contribution < -0.4 is 9.46 Å². The quantitative estimate of drug-likeness (QED) is 0.629. The highest BCUT2D eigenvalue weighted by Gasteiger charge is 2.13. The van der Waals surface area contributed by atoms with Crippen molar-refractivity contribution >= 4 is 10.0 Å². The second-order valence-electron chi connectivity index (χ2n) is 4.91. The molecule has 120 valence electrons. The Morgan fingerprint density at radius 1 is 1.19 bits per heavy atom. The standard InChI is InChI=1S/C14H23NO5S/c1-12(2)11-20-13-3-5-14(6-4-13)21(17,18)15-7-9-19-10-8-16/h3-6,12,15-16H,7-11H2,1-2H3. The van der Waals surface area contributed by atoms with E-state index >= 15 is 0 Å². The monoisotopic (exact) mass is 317 g/mol. The van der Waals surface area contributed by atoms with Crippen LogP contribution in [0.2, 0.25) is 0 Å². The van der Waals surface area contributed by atoms with Crippen molar-refractivity contribution in [1.29, 1.82) is 0 Å². The molecule has 0 aliphatic rings. The van der Waals surface area contributed by atoms with Crippen molar-refractivity contribution in [2.24, 2.45) is 5.92 Å². The minimum atomic E-state index is -3.54. The molecule has 0 radical (unpaired) electrons. The fraction of sp³-hybridized carbons (Fsp3) is 0.571. The second kappa shape index (κ2) is 8.99. The maximum Gasteiger partial charge on any atom is 0.240 e. The largest absolute Gasteiger partial charge is 0.493 e. The molecule has 0 unspecified atom stereocenters. The van der Waals surface area contributed by atoms with E-state index < -0.39 is 10.0 Å². The number of ether oxygens (including phenoxy) is 2. The van der Waals surface area contributed by atoms with Gasteiger partial charge in [-0.05, 0) is 30.2 Å². The molecule has 0 amide bonds. The lowest BCUT2D eigenvalue weighted by atomic mass is 10.2. The summed E-state index contributed by atoms with van der Waals surface area (Å²) in [6.45, 7) is 5.17. The van der Waals surface area contributed by atoms with Crippen molar-refractivity contribution in [3.63, 3.8) is 0 Å². The van der Waals surface area contributed by atoms with Gasteiger partial charge in [-0.2, -0.15) is 0 Å². The van der Waals surface area contributed by atoms with Crippen molar-refractivity contribution in [3.05, 3.63) is 24.3 Å². The maximum atomic E-state index is 12.0. The second-order valence-corrected chi connectivity index (χ2v) is 6.68. The van der Waals surface area contributed by atoms with E-state index in [4.69, 9.17) is 14.6 Å². The summed E-state index contributed by atoms with van der Waals surface area (Å²) < 4.78 is 36.9. The van der Waals surface area contributed by atoms with Crippen LogP contribution in [0.25, 0.3) is 0 Å². The number of benzene rings is 1. The van der Waals surface area contributed by atoms with Crippen molar-refractivity contribution in [2.45, 2.75) is 18.7 Å². The molecule has 0 aliphatic heterocycles. The zero-order chi connectivity index (χ0) is 15.7. The van der Waals surface area contributed by atoms with E-state index in [0.29, 0.717) is 18.3 Å². The van der Waals surface area contributed by atoms with Crippen LogP contribution in [0.15, 0.2) is 29.2 Å². The van der Waals surface area contributed by atoms with Crippen LogP contribution in [-0.2, 0) is 14.8 Å².